The quantitative estimate of drug-likeness (QED) is 0.161. The van der Waals surface area contributed by atoms with Crippen molar-refractivity contribution in [1.82, 2.24) is 14.1 Å². The SMILES string of the molecule is [2H]c1c([2H])c([2H])c2c(c1[2H])c1ccc(Oc3[c-]c(N4C=CN(c5cc(C(C)(C)C)cc(C(C)(C)C)c5)[CH-]4)cc(C(C)(C)C)c3)[c-]c1n2-c1nc2ccccc2n1C([2H])([2H])[2H].[Pt]. The Bertz CT molecular complexity index is 2860. The number of aromatic nitrogens is 3. The first-order chi connectivity index (χ1) is 27.9. The molecule has 2 aromatic heterocycles. The summed E-state index contributed by atoms with van der Waals surface area (Å²) in [4.78, 5) is 8.86. The smallest absolute Gasteiger partial charge is 0.213 e. The molecule has 0 saturated carbocycles. The number of rotatable bonds is 5. The van der Waals surface area contributed by atoms with Crippen LogP contribution < -0.4 is 14.5 Å². The largest absolute Gasteiger partial charge is 0.509 e. The molecule has 0 aliphatic carbocycles. The van der Waals surface area contributed by atoms with E-state index in [4.69, 9.17) is 19.3 Å². The summed E-state index contributed by atoms with van der Waals surface area (Å²) in [6.07, 6.45) is 4.03. The van der Waals surface area contributed by atoms with E-state index in [1.165, 1.54) is 15.7 Å². The molecule has 0 saturated heterocycles. The molecule has 54 heavy (non-hydrogen) atoms. The minimum atomic E-state index is -2.69. The van der Waals surface area contributed by atoms with Crippen LogP contribution in [0.4, 0.5) is 11.4 Å². The second kappa shape index (κ2) is 13.5. The molecule has 7 heteroatoms. The normalized spacial score (nSPS) is 15.8. The number of nitrogens with zero attached hydrogens (tertiary/aromatic N) is 5. The van der Waals surface area contributed by atoms with Crippen LogP contribution in [0.1, 0.15) is 88.6 Å². The molecule has 0 N–H and O–H groups in total. The van der Waals surface area contributed by atoms with Gasteiger partial charge in [-0.2, -0.15) is 6.07 Å². The average Bonchev–Trinajstić information content (AvgIpc) is 3.89. The number of para-hydroxylation sites is 3. The molecule has 5 aromatic carbocycles. The van der Waals surface area contributed by atoms with E-state index in [2.05, 4.69) is 104 Å². The molecule has 7 aromatic rings. The van der Waals surface area contributed by atoms with Gasteiger partial charge in [-0.3, -0.25) is 0 Å². The minimum absolute atomic E-state index is 0. The average molecular weight is 901 g/mol. The molecule has 0 amide bonds. The first-order valence-corrected chi connectivity index (χ1v) is 17.9. The number of fused-ring (bicyclic) bond motifs is 4. The maximum atomic E-state index is 9.02. The summed E-state index contributed by atoms with van der Waals surface area (Å²) >= 11 is 0. The van der Waals surface area contributed by atoms with E-state index in [0.29, 0.717) is 22.2 Å². The molecular formula is C47H48N5OPt-3. The summed E-state index contributed by atoms with van der Waals surface area (Å²) in [6, 6.07) is 26.4. The molecular weight excluding hydrogens is 846 g/mol. The fourth-order valence-corrected chi connectivity index (χ4v) is 6.60. The van der Waals surface area contributed by atoms with E-state index in [0.717, 1.165) is 21.5 Å². The molecule has 8 rings (SSSR count). The maximum absolute atomic E-state index is 9.02. The molecule has 0 unspecified atom stereocenters. The zero-order chi connectivity index (χ0) is 43.4. The van der Waals surface area contributed by atoms with E-state index < -0.39 is 19.1 Å². The molecule has 0 spiro atoms. The number of ether oxygens (including phenoxy) is 1. The standard InChI is InChI=1S/C47H48N5O.Pt/c1-45(2,3)31-23-32(46(4,5)6)25-34(24-31)50-21-22-51(30-50)35-26-33(47(7,8)9)27-37(28-35)53-36-19-20-39-38-15-11-13-17-41(38)52(43(39)29-36)44-48-40-16-12-14-18-42(40)49(44)10;/h11-27,30H,1-10H3;/q-3;/i10D3,11D,13D,15D,17D;. The van der Waals surface area contributed by atoms with Crippen LogP contribution in [0.2, 0.25) is 0 Å². The number of anilines is 2. The van der Waals surface area contributed by atoms with Crippen molar-refractivity contribution in [1.29, 1.82) is 0 Å². The first-order valence-electron chi connectivity index (χ1n) is 21.4. The van der Waals surface area contributed by atoms with Gasteiger partial charge in [-0.1, -0.05) is 104 Å². The van der Waals surface area contributed by atoms with Crippen molar-refractivity contribution in [2.75, 3.05) is 9.80 Å². The zero-order valence-corrected chi connectivity index (χ0v) is 34.3. The second-order valence-corrected chi connectivity index (χ2v) is 16.8. The summed E-state index contributed by atoms with van der Waals surface area (Å²) in [7, 11) is 0. The summed E-state index contributed by atoms with van der Waals surface area (Å²) < 4.78 is 69.7. The van der Waals surface area contributed by atoms with E-state index in [-0.39, 0.29) is 77.5 Å². The third-order valence-corrected chi connectivity index (χ3v) is 9.80. The van der Waals surface area contributed by atoms with Crippen molar-refractivity contribution < 1.29 is 35.4 Å². The van der Waals surface area contributed by atoms with Gasteiger partial charge in [0.2, 0.25) is 5.95 Å². The van der Waals surface area contributed by atoms with E-state index in [1.54, 1.807) is 36.4 Å². The fourth-order valence-electron chi connectivity index (χ4n) is 6.60. The number of hydrogen-bond donors (Lipinski definition) is 0. The van der Waals surface area contributed by atoms with Crippen molar-refractivity contribution in [2.24, 2.45) is 6.98 Å². The molecule has 6 nitrogen and oxygen atoms in total. The Labute approximate surface area is 344 Å². The molecule has 1 aliphatic rings. The molecule has 0 radical (unpaired) electrons. The Morgan fingerprint density at radius 1 is 0.704 bits per heavy atom. The van der Waals surface area contributed by atoms with E-state index in [1.807, 2.05) is 30.0 Å². The van der Waals surface area contributed by atoms with Crippen molar-refractivity contribution >= 4 is 44.2 Å². The van der Waals surface area contributed by atoms with Gasteiger partial charge in [0.05, 0.1) is 16.5 Å². The van der Waals surface area contributed by atoms with E-state index >= 15 is 0 Å². The third kappa shape index (κ3) is 6.86. The molecule has 1 aliphatic heterocycles. The number of aryl methyl sites for hydroxylation is 1. The Morgan fingerprint density at radius 3 is 2.07 bits per heavy atom. The van der Waals surface area contributed by atoms with E-state index in [9.17, 15) is 0 Å². The van der Waals surface area contributed by atoms with Crippen LogP contribution >= 0.6 is 0 Å². The van der Waals surface area contributed by atoms with Gasteiger partial charge >= 0.3 is 0 Å². The predicted octanol–water partition coefficient (Wildman–Crippen LogP) is 11.9. The van der Waals surface area contributed by atoms with Gasteiger partial charge in [-0.05, 0) is 75.5 Å². The molecule has 0 fully saturated rings. The summed E-state index contributed by atoms with van der Waals surface area (Å²) in [5.74, 6) is 0.643. The van der Waals surface area contributed by atoms with Crippen LogP contribution in [-0.4, -0.2) is 14.1 Å². The van der Waals surface area contributed by atoms with Crippen molar-refractivity contribution in [3.63, 3.8) is 0 Å². The zero-order valence-electron chi connectivity index (χ0n) is 39.0. The number of benzene rings is 5. The van der Waals surface area contributed by atoms with Gasteiger partial charge in [0.25, 0.3) is 0 Å². The van der Waals surface area contributed by atoms with Crippen molar-refractivity contribution in [2.45, 2.75) is 78.6 Å². The van der Waals surface area contributed by atoms with Crippen LogP contribution in [0.5, 0.6) is 11.5 Å². The fraction of sp³-hybridized carbons (Fsp3) is 0.277. The van der Waals surface area contributed by atoms with Crippen molar-refractivity contribution in [3.8, 4) is 17.4 Å². The summed E-state index contributed by atoms with van der Waals surface area (Å²) in [5.41, 5.74) is 6.09. The van der Waals surface area contributed by atoms with Crippen molar-refractivity contribution in [3.05, 3.63) is 139 Å². The minimum Gasteiger partial charge on any atom is -0.509 e. The van der Waals surface area contributed by atoms with Gasteiger partial charge < -0.3 is 23.7 Å². The van der Waals surface area contributed by atoms with Gasteiger partial charge in [-0.15, -0.1) is 53.6 Å². The molecule has 3 heterocycles. The maximum Gasteiger partial charge on any atom is 0.213 e. The van der Waals surface area contributed by atoms with Crippen LogP contribution in [0.15, 0.2) is 103 Å². The van der Waals surface area contributed by atoms with Gasteiger partial charge in [0, 0.05) is 54.9 Å². The Kier molecular flexibility index (Phi) is 7.38. The Morgan fingerprint density at radius 2 is 1.37 bits per heavy atom. The summed E-state index contributed by atoms with van der Waals surface area (Å²) in [6.45, 7) is 19.1. The van der Waals surface area contributed by atoms with Gasteiger partial charge in [0.15, 0.2) is 0 Å². The number of imidazole rings is 1. The molecule has 0 bridgehead atoms. The second-order valence-electron chi connectivity index (χ2n) is 16.8. The topological polar surface area (TPSA) is 38.5 Å². The van der Waals surface area contributed by atoms with Crippen LogP contribution in [0.3, 0.4) is 0 Å². The Hall–Kier alpha value is -4.80. The third-order valence-electron chi connectivity index (χ3n) is 9.80. The Balaban J connectivity index is 0.00000561. The predicted molar refractivity (Wildman–Crippen MR) is 220 cm³/mol. The first kappa shape index (κ1) is 29.5. The molecule has 0 atom stereocenters. The molecule has 280 valence electrons. The van der Waals surface area contributed by atoms with Gasteiger partial charge in [-0.25, -0.2) is 4.98 Å². The monoisotopic (exact) mass is 900 g/mol. The number of hydrogen-bond acceptors (Lipinski definition) is 4. The van der Waals surface area contributed by atoms with Crippen LogP contribution in [-0.2, 0) is 44.3 Å². The summed E-state index contributed by atoms with van der Waals surface area (Å²) in [5, 5.41) is 0.652. The van der Waals surface area contributed by atoms with Crippen LogP contribution in [0, 0.1) is 18.8 Å². The van der Waals surface area contributed by atoms with Crippen LogP contribution in [0.25, 0.3) is 38.8 Å². The van der Waals surface area contributed by atoms with Gasteiger partial charge in [0.1, 0.15) is 0 Å².